The van der Waals surface area contributed by atoms with Gasteiger partial charge >= 0.3 is 0 Å². The standard InChI is InChI=1S/C14H18ClNO2/c15-11-2-1-3-12(8-11)18-13-9-14(17-10-13)4-6-16-7-5-14/h1-3,8,13,16H,4-7,9-10H2/t13-/m0/s1. The van der Waals surface area contributed by atoms with E-state index in [-0.39, 0.29) is 11.7 Å². The Morgan fingerprint density at radius 2 is 2.17 bits per heavy atom. The van der Waals surface area contributed by atoms with E-state index in [9.17, 15) is 0 Å². The molecule has 98 valence electrons. The second-order valence-electron chi connectivity index (χ2n) is 5.15. The maximum Gasteiger partial charge on any atom is 0.125 e. The van der Waals surface area contributed by atoms with Crippen molar-refractivity contribution in [1.29, 1.82) is 0 Å². The third-order valence-corrected chi connectivity index (χ3v) is 4.02. The molecule has 3 nitrogen and oxygen atoms in total. The molecule has 2 aliphatic rings. The number of benzene rings is 1. The molecule has 2 fully saturated rings. The third kappa shape index (κ3) is 2.63. The van der Waals surface area contributed by atoms with E-state index in [4.69, 9.17) is 21.1 Å². The molecule has 2 aliphatic heterocycles. The average molecular weight is 268 g/mol. The first kappa shape index (κ1) is 12.3. The van der Waals surface area contributed by atoms with Crippen LogP contribution >= 0.6 is 11.6 Å². The fraction of sp³-hybridized carbons (Fsp3) is 0.571. The van der Waals surface area contributed by atoms with E-state index in [0.29, 0.717) is 11.6 Å². The van der Waals surface area contributed by atoms with E-state index in [1.54, 1.807) is 0 Å². The van der Waals surface area contributed by atoms with Gasteiger partial charge in [0.1, 0.15) is 11.9 Å². The van der Waals surface area contributed by atoms with Crippen molar-refractivity contribution in [3.63, 3.8) is 0 Å². The van der Waals surface area contributed by atoms with Crippen molar-refractivity contribution in [3.05, 3.63) is 29.3 Å². The molecule has 3 rings (SSSR count). The maximum absolute atomic E-state index is 6.00. The fourth-order valence-electron chi connectivity index (χ4n) is 2.84. The second kappa shape index (κ2) is 5.08. The van der Waals surface area contributed by atoms with Crippen LogP contribution in [-0.2, 0) is 4.74 Å². The van der Waals surface area contributed by atoms with Gasteiger partial charge in [-0.2, -0.15) is 0 Å². The first-order chi connectivity index (χ1) is 8.76. The number of piperidine rings is 1. The molecule has 1 aromatic carbocycles. The molecule has 0 radical (unpaired) electrons. The minimum Gasteiger partial charge on any atom is -0.488 e. The zero-order valence-electron chi connectivity index (χ0n) is 10.3. The SMILES string of the molecule is Clc1cccc(O[C@@H]2COC3(CCNCC3)C2)c1. The number of halogens is 1. The lowest BCUT2D eigenvalue weighted by atomic mass is 9.89. The van der Waals surface area contributed by atoms with Crippen LogP contribution in [0.15, 0.2) is 24.3 Å². The van der Waals surface area contributed by atoms with Gasteiger partial charge in [-0.1, -0.05) is 17.7 Å². The lowest BCUT2D eigenvalue weighted by Gasteiger charge is -2.32. The molecular weight excluding hydrogens is 250 g/mol. The van der Waals surface area contributed by atoms with Gasteiger partial charge in [0.2, 0.25) is 0 Å². The Hall–Kier alpha value is -0.770. The van der Waals surface area contributed by atoms with Gasteiger partial charge in [0.25, 0.3) is 0 Å². The average Bonchev–Trinajstić information content (AvgIpc) is 2.73. The minimum absolute atomic E-state index is 0.0501. The van der Waals surface area contributed by atoms with Gasteiger partial charge in [0, 0.05) is 11.4 Å². The largest absolute Gasteiger partial charge is 0.488 e. The zero-order chi connectivity index (χ0) is 12.4. The van der Waals surface area contributed by atoms with Crippen LogP contribution in [0.2, 0.25) is 5.02 Å². The Bertz CT molecular complexity index is 418. The lowest BCUT2D eigenvalue weighted by molar-refractivity contribution is -0.0205. The molecule has 1 N–H and O–H groups in total. The van der Waals surface area contributed by atoms with Gasteiger partial charge in [0.15, 0.2) is 0 Å². The van der Waals surface area contributed by atoms with Gasteiger partial charge in [0.05, 0.1) is 12.2 Å². The monoisotopic (exact) mass is 267 g/mol. The first-order valence-electron chi connectivity index (χ1n) is 6.53. The van der Waals surface area contributed by atoms with E-state index in [2.05, 4.69) is 5.32 Å². The molecule has 1 spiro atoms. The Balaban J connectivity index is 1.62. The summed E-state index contributed by atoms with van der Waals surface area (Å²) in [4.78, 5) is 0. The number of nitrogens with one attached hydrogen (secondary N) is 1. The minimum atomic E-state index is 0.0501. The normalized spacial score (nSPS) is 26.4. The van der Waals surface area contributed by atoms with E-state index < -0.39 is 0 Å². The summed E-state index contributed by atoms with van der Waals surface area (Å²) in [6.07, 6.45) is 3.31. The summed E-state index contributed by atoms with van der Waals surface area (Å²) in [5, 5.41) is 4.08. The van der Waals surface area contributed by atoms with Gasteiger partial charge in [-0.15, -0.1) is 0 Å². The molecule has 1 atom stereocenters. The summed E-state index contributed by atoms with van der Waals surface area (Å²) < 4.78 is 12.0. The van der Waals surface area contributed by atoms with Gasteiger partial charge in [-0.3, -0.25) is 0 Å². The number of ether oxygens (including phenoxy) is 2. The highest BCUT2D eigenvalue weighted by Crippen LogP contribution is 2.35. The fourth-order valence-corrected chi connectivity index (χ4v) is 3.02. The van der Waals surface area contributed by atoms with Crippen LogP contribution in [0.5, 0.6) is 5.75 Å². The molecule has 0 bridgehead atoms. The van der Waals surface area contributed by atoms with Crippen LogP contribution in [0.1, 0.15) is 19.3 Å². The molecular formula is C14H18ClNO2. The molecule has 0 saturated carbocycles. The maximum atomic E-state index is 6.00. The van der Waals surface area contributed by atoms with Crippen molar-refractivity contribution < 1.29 is 9.47 Å². The van der Waals surface area contributed by atoms with Crippen LogP contribution in [0.25, 0.3) is 0 Å². The Morgan fingerprint density at radius 1 is 1.33 bits per heavy atom. The lowest BCUT2D eigenvalue weighted by Crippen LogP contribution is -2.41. The molecule has 4 heteroatoms. The van der Waals surface area contributed by atoms with Crippen LogP contribution in [0.4, 0.5) is 0 Å². The zero-order valence-corrected chi connectivity index (χ0v) is 11.1. The van der Waals surface area contributed by atoms with E-state index in [0.717, 1.165) is 38.1 Å². The molecule has 0 aliphatic carbocycles. The summed E-state index contributed by atoms with van der Waals surface area (Å²) in [6.45, 7) is 2.78. The molecule has 18 heavy (non-hydrogen) atoms. The predicted octanol–water partition coefficient (Wildman–Crippen LogP) is 2.63. The van der Waals surface area contributed by atoms with Crippen molar-refractivity contribution in [2.24, 2.45) is 0 Å². The topological polar surface area (TPSA) is 30.5 Å². The summed E-state index contributed by atoms with van der Waals surface area (Å²) in [5.74, 6) is 0.835. The predicted molar refractivity (Wildman–Crippen MR) is 71.3 cm³/mol. The van der Waals surface area contributed by atoms with E-state index in [1.807, 2.05) is 24.3 Å². The molecule has 2 heterocycles. The van der Waals surface area contributed by atoms with Crippen molar-refractivity contribution in [3.8, 4) is 5.75 Å². The molecule has 1 aromatic rings. The quantitative estimate of drug-likeness (QED) is 0.894. The number of hydrogen-bond donors (Lipinski definition) is 1. The smallest absolute Gasteiger partial charge is 0.125 e. The summed E-state index contributed by atoms with van der Waals surface area (Å²) in [5.41, 5.74) is 0.0501. The van der Waals surface area contributed by atoms with Crippen LogP contribution in [0.3, 0.4) is 0 Å². The van der Waals surface area contributed by atoms with E-state index in [1.165, 1.54) is 0 Å². The number of rotatable bonds is 2. The first-order valence-corrected chi connectivity index (χ1v) is 6.91. The summed E-state index contributed by atoms with van der Waals surface area (Å²) in [7, 11) is 0. The Morgan fingerprint density at radius 3 is 2.94 bits per heavy atom. The van der Waals surface area contributed by atoms with Crippen molar-refractivity contribution in [2.75, 3.05) is 19.7 Å². The number of hydrogen-bond acceptors (Lipinski definition) is 3. The van der Waals surface area contributed by atoms with Crippen molar-refractivity contribution in [1.82, 2.24) is 5.32 Å². The van der Waals surface area contributed by atoms with Gasteiger partial charge in [-0.05, 0) is 44.1 Å². The van der Waals surface area contributed by atoms with Gasteiger partial charge in [-0.25, -0.2) is 0 Å². The van der Waals surface area contributed by atoms with Crippen molar-refractivity contribution in [2.45, 2.75) is 31.0 Å². The highest BCUT2D eigenvalue weighted by Gasteiger charge is 2.42. The Labute approximate surface area is 112 Å². The summed E-state index contributed by atoms with van der Waals surface area (Å²) >= 11 is 5.95. The van der Waals surface area contributed by atoms with E-state index >= 15 is 0 Å². The second-order valence-corrected chi connectivity index (χ2v) is 5.58. The Kier molecular flexibility index (Phi) is 3.46. The molecule has 0 aromatic heterocycles. The molecule has 0 unspecified atom stereocenters. The molecule has 0 amide bonds. The van der Waals surface area contributed by atoms with Crippen LogP contribution < -0.4 is 10.1 Å². The highest BCUT2D eigenvalue weighted by atomic mass is 35.5. The van der Waals surface area contributed by atoms with Crippen molar-refractivity contribution >= 4 is 11.6 Å². The van der Waals surface area contributed by atoms with Crippen LogP contribution in [-0.4, -0.2) is 31.4 Å². The molecule has 2 saturated heterocycles. The van der Waals surface area contributed by atoms with Crippen LogP contribution in [0, 0.1) is 0 Å². The highest BCUT2D eigenvalue weighted by molar-refractivity contribution is 6.30. The third-order valence-electron chi connectivity index (χ3n) is 3.79. The van der Waals surface area contributed by atoms with Gasteiger partial charge < -0.3 is 14.8 Å². The summed E-state index contributed by atoms with van der Waals surface area (Å²) in [6, 6.07) is 7.57.